The maximum absolute atomic E-state index is 12.2. The Morgan fingerprint density at radius 1 is 1.30 bits per heavy atom. The van der Waals surface area contributed by atoms with Gasteiger partial charge in [-0.1, -0.05) is 13.8 Å². The van der Waals surface area contributed by atoms with E-state index in [4.69, 9.17) is 4.74 Å². The van der Waals surface area contributed by atoms with Crippen molar-refractivity contribution in [2.45, 2.75) is 84.8 Å². The summed E-state index contributed by atoms with van der Waals surface area (Å²) in [4.78, 5) is 24.4. The molecule has 4 heteroatoms. The van der Waals surface area contributed by atoms with Gasteiger partial charge < -0.3 is 9.30 Å². The Balaban J connectivity index is 2.27. The number of carbonyl (C=O) groups excluding carboxylic acids is 2. The summed E-state index contributed by atoms with van der Waals surface area (Å²) in [6, 6.07) is 0.109. The van der Waals surface area contributed by atoms with Crippen LogP contribution in [-0.4, -0.2) is 21.9 Å². The third kappa shape index (κ3) is 4.04. The predicted octanol–water partition coefficient (Wildman–Crippen LogP) is 4.25. The van der Waals surface area contributed by atoms with Crippen molar-refractivity contribution in [3.63, 3.8) is 0 Å². The summed E-state index contributed by atoms with van der Waals surface area (Å²) in [6.07, 6.45) is 6.75. The minimum atomic E-state index is -0.455. The molecule has 0 saturated carbocycles. The number of aromatic nitrogens is 1. The van der Waals surface area contributed by atoms with Crippen LogP contribution in [0.15, 0.2) is 6.20 Å². The number of esters is 1. The maximum Gasteiger partial charge on any atom is 0.308 e. The van der Waals surface area contributed by atoms with E-state index in [-0.39, 0.29) is 17.8 Å². The van der Waals surface area contributed by atoms with Crippen molar-refractivity contribution >= 4 is 11.8 Å². The van der Waals surface area contributed by atoms with E-state index in [0.717, 1.165) is 31.2 Å². The van der Waals surface area contributed by atoms with E-state index in [9.17, 15) is 9.59 Å². The first-order chi connectivity index (χ1) is 10.8. The zero-order valence-corrected chi connectivity index (χ0v) is 15.1. The van der Waals surface area contributed by atoms with Gasteiger partial charge >= 0.3 is 5.97 Å². The lowest BCUT2D eigenvalue weighted by atomic mass is 9.96. The van der Waals surface area contributed by atoms with Gasteiger partial charge in [0.05, 0.1) is 6.42 Å². The van der Waals surface area contributed by atoms with E-state index in [2.05, 4.69) is 11.5 Å². The number of ketones is 1. The number of Topliss-reactive ketones (excluding diaryl/α,β-unsaturated/α-hetero) is 1. The fourth-order valence-electron chi connectivity index (χ4n) is 3.46. The first-order valence-corrected chi connectivity index (χ1v) is 8.74. The Hall–Kier alpha value is -1.58. The molecular weight excluding hydrogens is 290 g/mol. The second-order valence-electron chi connectivity index (χ2n) is 7.34. The van der Waals surface area contributed by atoms with Crippen LogP contribution in [-0.2, 0) is 22.4 Å². The van der Waals surface area contributed by atoms with Crippen molar-refractivity contribution in [2.24, 2.45) is 0 Å². The Morgan fingerprint density at radius 3 is 2.57 bits per heavy atom. The third-order valence-electron chi connectivity index (χ3n) is 4.40. The molecule has 1 atom stereocenters. The van der Waals surface area contributed by atoms with Gasteiger partial charge in [0.25, 0.3) is 0 Å². The van der Waals surface area contributed by atoms with Crippen molar-refractivity contribution in [3.05, 3.63) is 23.0 Å². The molecule has 1 aromatic rings. The van der Waals surface area contributed by atoms with Crippen molar-refractivity contribution in [3.8, 4) is 0 Å². The van der Waals surface area contributed by atoms with Crippen molar-refractivity contribution in [1.82, 2.24) is 4.57 Å². The molecule has 1 aliphatic heterocycles. The van der Waals surface area contributed by atoms with Crippen LogP contribution in [0.2, 0.25) is 0 Å². The lowest BCUT2D eigenvalue weighted by Gasteiger charge is -2.28. The fourth-order valence-corrected chi connectivity index (χ4v) is 3.46. The molecule has 0 fully saturated rings. The van der Waals surface area contributed by atoms with Gasteiger partial charge in [-0.25, -0.2) is 0 Å². The van der Waals surface area contributed by atoms with Crippen molar-refractivity contribution in [2.75, 3.05) is 0 Å². The van der Waals surface area contributed by atoms with Crippen LogP contribution in [0.25, 0.3) is 0 Å². The highest BCUT2D eigenvalue weighted by atomic mass is 16.6. The van der Waals surface area contributed by atoms with Crippen LogP contribution in [0.4, 0.5) is 0 Å². The fraction of sp³-hybridized carbons (Fsp3) is 0.684. The normalized spacial score (nSPS) is 17.7. The predicted molar refractivity (Wildman–Crippen MR) is 90.9 cm³/mol. The lowest BCUT2D eigenvalue weighted by molar-refractivity contribution is -0.155. The summed E-state index contributed by atoms with van der Waals surface area (Å²) < 4.78 is 7.64. The van der Waals surface area contributed by atoms with Crippen LogP contribution >= 0.6 is 0 Å². The minimum absolute atomic E-state index is 0.109. The van der Waals surface area contributed by atoms with E-state index in [1.807, 2.05) is 33.9 Å². The first-order valence-electron chi connectivity index (χ1n) is 8.74. The average molecular weight is 319 g/mol. The van der Waals surface area contributed by atoms with Gasteiger partial charge in [0.15, 0.2) is 5.78 Å². The highest BCUT2D eigenvalue weighted by molar-refractivity contribution is 5.97. The average Bonchev–Trinajstić information content (AvgIpc) is 2.84. The molecule has 128 valence electrons. The standard InChI is InChI=1S/C19H29NO3/c1-6-14-15(17(21)7-2)12-20-13(9-8-10-16(14)20)11-18(22)23-19(3,4)5/h12-13H,6-11H2,1-5H3/t13-/m1/s1. The van der Waals surface area contributed by atoms with Gasteiger partial charge in [0, 0.05) is 29.9 Å². The number of hydrogen-bond acceptors (Lipinski definition) is 3. The van der Waals surface area contributed by atoms with Gasteiger partial charge in [-0.2, -0.15) is 0 Å². The van der Waals surface area contributed by atoms with Gasteiger partial charge in [0.2, 0.25) is 0 Å². The van der Waals surface area contributed by atoms with Crippen molar-refractivity contribution < 1.29 is 14.3 Å². The molecule has 1 aromatic heterocycles. The zero-order valence-electron chi connectivity index (χ0n) is 15.1. The van der Waals surface area contributed by atoms with E-state index in [1.165, 1.54) is 11.3 Å². The molecule has 2 rings (SSSR count). The number of fused-ring (bicyclic) bond motifs is 1. The molecule has 4 nitrogen and oxygen atoms in total. The molecule has 0 saturated heterocycles. The maximum atomic E-state index is 12.2. The van der Waals surface area contributed by atoms with Gasteiger partial charge in [-0.15, -0.1) is 0 Å². The van der Waals surface area contributed by atoms with Crippen LogP contribution in [0, 0.1) is 0 Å². The summed E-state index contributed by atoms with van der Waals surface area (Å²) in [5, 5.41) is 0. The van der Waals surface area contributed by atoms with Gasteiger partial charge in [0.1, 0.15) is 5.60 Å². The Labute approximate surface area is 139 Å². The molecule has 0 aromatic carbocycles. The van der Waals surface area contributed by atoms with Crippen LogP contribution in [0.5, 0.6) is 0 Å². The van der Waals surface area contributed by atoms with Crippen LogP contribution in [0.3, 0.4) is 0 Å². The second-order valence-corrected chi connectivity index (χ2v) is 7.34. The monoisotopic (exact) mass is 319 g/mol. The number of hydrogen-bond donors (Lipinski definition) is 0. The summed E-state index contributed by atoms with van der Waals surface area (Å²) >= 11 is 0. The summed E-state index contributed by atoms with van der Waals surface area (Å²) in [5.74, 6) is 0.0326. The Kier molecular flexibility index (Phi) is 5.33. The molecule has 23 heavy (non-hydrogen) atoms. The number of carbonyl (C=O) groups is 2. The van der Waals surface area contributed by atoms with E-state index < -0.39 is 5.60 Å². The summed E-state index contributed by atoms with van der Waals surface area (Å²) in [7, 11) is 0. The first kappa shape index (κ1) is 17.8. The van der Waals surface area contributed by atoms with Gasteiger partial charge in [-0.05, 0) is 52.0 Å². The Bertz CT molecular complexity index is 592. The van der Waals surface area contributed by atoms with Crippen molar-refractivity contribution in [1.29, 1.82) is 0 Å². The van der Waals surface area contributed by atoms with Crippen LogP contribution in [0.1, 0.15) is 88.0 Å². The smallest absolute Gasteiger partial charge is 0.308 e. The van der Waals surface area contributed by atoms with Crippen LogP contribution < -0.4 is 0 Å². The molecule has 0 spiro atoms. The molecule has 0 N–H and O–H groups in total. The molecule has 1 aliphatic rings. The summed E-state index contributed by atoms with van der Waals surface area (Å²) in [6.45, 7) is 9.66. The number of nitrogens with zero attached hydrogens (tertiary/aromatic N) is 1. The SMILES string of the molecule is CCC(=O)c1cn2c(c1CC)CCC[C@@H]2CC(=O)OC(C)(C)C. The number of ether oxygens (including phenoxy) is 1. The molecule has 0 radical (unpaired) electrons. The highest BCUT2D eigenvalue weighted by Gasteiger charge is 2.28. The highest BCUT2D eigenvalue weighted by Crippen LogP contribution is 2.33. The Morgan fingerprint density at radius 2 is 2.00 bits per heavy atom. The molecule has 0 aliphatic carbocycles. The molecule has 0 unspecified atom stereocenters. The van der Waals surface area contributed by atoms with E-state index in [0.29, 0.717) is 12.8 Å². The molecular formula is C19H29NO3. The van der Waals surface area contributed by atoms with E-state index >= 15 is 0 Å². The molecule has 0 amide bonds. The largest absolute Gasteiger partial charge is 0.460 e. The van der Waals surface area contributed by atoms with E-state index in [1.54, 1.807) is 0 Å². The topological polar surface area (TPSA) is 48.3 Å². The molecule has 0 bridgehead atoms. The van der Waals surface area contributed by atoms with Gasteiger partial charge in [-0.3, -0.25) is 9.59 Å². The second kappa shape index (κ2) is 6.90. The summed E-state index contributed by atoms with van der Waals surface area (Å²) in [5.41, 5.74) is 2.80. The number of rotatable bonds is 5. The minimum Gasteiger partial charge on any atom is -0.460 e. The lowest BCUT2D eigenvalue weighted by Crippen LogP contribution is -2.27. The third-order valence-corrected chi connectivity index (χ3v) is 4.40. The zero-order chi connectivity index (χ0) is 17.2. The molecule has 2 heterocycles. The quantitative estimate of drug-likeness (QED) is 0.602.